The third-order valence-electron chi connectivity index (χ3n) is 4.26. The minimum absolute atomic E-state index is 0.168. The van der Waals surface area contributed by atoms with E-state index in [1.807, 2.05) is 42.5 Å². The van der Waals surface area contributed by atoms with E-state index in [0.717, 1.165) is 28.9 Å². The van der Waals surface area contributed by atoms with E-state index in [0.29, 0.717) is 5.56 Å². The SMILES string of the molecule is O=C(Nc1cccc(Br)c1)c1ccc(N2CCc3ccccc32)nc1. The number of nitrogens with one attached hydrogen (secondary N) is 1. The highest BCUT2D eigenvalue weighted by Crippen LogP contribution is 2.33. The van der Waals surface area contributed by atoms with Gasteiger partial charge in [0.2, 0.25) is 0 Å². The molecule has 2 aromatic carbocycles. The zero-order valence-corrected chi connectivity index (χ0v) is 15.0. The van der Waals surface area contributed by atoms with E-state index in [2.05, 4.69) is 49.3 Å². The first-order valence-corrected chi connectivity index (χ1v) is 8.88. The Morgan fingerprint density at radius 1 is 1.08 bits per heavy atom. The number of para-hydroxylation sites is 1. The Kier molecular flexibility index (Phi) is 4.24. The standard InChI is InChI=1S/C20H16BrN3O/c21-16-5-3-6-17(12-16)23-20(25)15-8-9-19(22-13-15)24-11-10-14-4-1-2-7-18(14)24/h1-9,12-13H,10-11H2,(H,23,25). The van der Waals surface area contributed by atoms with Crippen LogP contribution in [-0.4, -0.2) is 17.4 Å². The highest BCUT2D eigenvalue weighted by Gasteiger charge is 2.20. The van der Waals surface area contributed by atoms with Crippen LogP contribution in [0.15, 0.2) is 71.3 Å². The van der Waals surface area contributed by atoms with Crippen LogP contribution in [-0.2, 0) is 6.42 Å². The van der Waals surface area contributed by atoms with Crippen molar-refractivity contribution in [2.45, 2.75) is 6.42 Å². The van der Waals surface area contributed by atoms with Crippen LogP contribution in [0.3, 0.4) is 0 Å². The van der Waals surface area contributed by atoms with Gasteiger partial charge in [-0.2, -0.15) is 0 Å². The van der Waals surface area contributed by atoms with Crippen molar-refractivity contribution in [1.82, 2.24) is 4.98 Å². The summed E-state index contributed by atoms with van der Waals surface area (Å²) in [5, 5.41) is 2.88. The van der Waals surface area contributed by atoms with Gasteiger partial charge in [-0.3, -0.25) is 4.79 Å². The Bertz CT molecular complexity index is 924. The molecule has 1 aliphatic rings. The van der Waals surface area contributed by atoms with E-state index in [1.165, 1.54) is 11.3 Å². The van der Waals surface area contributed by atoms with Crippen LogP contribution < -0.4 is 10.2 Å². The first kappa shape index (κ1) is 15.8. The lowest BCUT2D eigenvalue weighted by atomic mass is 10.2. The summed E-state index contributed by atoms with van der Waals surface area (Å²) in [4.78, 5) is 19.1. The molecule has 1 aromatic heterocycles. The van der Waals surface area contributed by atoms with E-state index in [1.54, 1.807) is 6.20 Å². The van der Waals surface area contributed by atoms with Gasteiger partial charge in [0.25, 0.3) is 5.91 Å². The minimum Gasteiger partial charge on any atom is -0.326 e. The molecule has 0 unspecified atom stereocenters. The van der Waals surface area contributed by atoms with Crippen LogP contribution >= 0.6 is 15.9 Å². The number of carbonyl (C=O) groups is 1. The molecule has 0 aliphatic carbocycles. The largest absolute Gasteiger partial charge is 0.326 e. The molecule has 0 saturated carbocycles. The van der Waals surface area contributed by atoms with Crippen molar-refractivity contribution in [1.29, 1.82) is 0 Å². The molecule has 1 N–H and O–H groups in total. The Balaban J connectivity index is 1.52. The fourth-order valence-corrected chi connectivity index (χ4v) is 3.42. The molecule has 3 aromatic rings. The summed E-state index contributed by atoms with van der Waals surface area (Å²) in [7, 11) is 0. The first-order chi connectivity index (χ1) is 12.2. The highest BCUT2D eigenvalue weighted by atomic mass is 79.9. The number of amides is 1. The number of fused-ring (bicyclic) bond motifs is 1. The number of aromatic nitrogens is 1. The van der Waals surface area contributed by atoms with Gasteiger partial charge in [0.1, 0.15) is 5.82 Å². The third-order valence-corrected chi connectivity index (χ3v) is 4.75. The van der Waals surface area contributed by atoms with Gasteiger partial charge >= 0.3 is 0 Å². The number of rotatable bonds is 3. The fourth-order valence-electron chi connectivity index (χ4n) is 3.03. The molecule has 5 heteroatoms. The van der Waals surface area contributed by atoms with Crippen LogP contribution in [0.1, 0.15) is 15.9 Å². The van der Waals surface area contributed by atoms with E-state index < -0.39 is 0 Å². The summed E-state index contributed by atoms with van der Waals surface area (Å²) in [6, 6.07) is 19.6. The molecule has 124 valence electrons. The lowest BCUT2D eigenvalue weighted by molar-refractivity contribution is 0.102. The zero-order valence-electron chi connectivity index (χ0n) is 13.4. The molecule has 1 aliphatic heterocycles. The highest BCUT2D eigenvalue weighted by molar-refractivity contribution is 9.10. The molecule has 0 bridgehead atoms. The normalized spacial score (nSPS) is 12.8. The van der Waals surface area contributed by atoms with Crippen LogP contribution in [0, 0.1) is 0 Å². The van der Waals surface area contributed by atoms with Crippen LogP contribution in [0.2, 0.25) is 0 Å². The molecule has 4 nitrogen and oxygen atoms in total. The average molecular weight is 394 g/mol. The van der Waals surface area contributed by atoms with Crippen LogP contribution in [0.5, 0.6) is 0 Å². The predicted octanol–water partition coefficient (Wildman–Crippen LogP) is 4.79. The third kappa shape index (κ3) is 3.28. The molecule has 1 amide bonds. The summed E-state index contributed by atoms with van der Waals surface area (Å²) in [5.41, 5.74) is 3.82. The Labute approximate surface area is 154 Å². The molecule has 0 radical (unpaired) electrons. The second-order valence-electron chi connectivity index (χ2n) is 5.90. The molecule has 0 fully saturated rings. The quantitative estimate of drug-likeness (QED) is 0.695. The van der Waals surface area contributed by atoms with Crippen molar-refractivity contribution < 1.29 is 4.79 Å². The smallest absolute Gasteiger partial charge is 0.257 e. The lowest BCUT2D eigenvalue weighted by Crippen LogP contribution is -2.16. The van der Waals surface area contributed by atoms with Gasteiger partial charge in [0.15, 0.2) is 0 Å². The Morgan fingerprint density at radius 2 is 1.96 bits per heavy atom. The molecule has 0 spiro atoms. The topological polar surface area (TPSA) is 45.2 Å². The molecular formula is C20H16BrN3O. The molecule has 0 saturated heterocycles. The first-order valence-electron chi connectivity index (χ1n) is 8.09. The van der Waals surface area contributed by atoms with E-state index in [4.69, 9.17) is 0 Å². The number of hydrogen-bond acceptors (Lipinski definition) is 3. The van der Waals surface area contributed by atoms with Crippen molar-refractivity contribution in [3.8, 4) is 0 Å². The molecule has 25 heavy (non-hydrogen) atoms. The van der Waals surface area contributed by atoms with Gasteiger partial charge in [-0.1, -0.05) is 40.2 Å². The van der Waals surface area contributed by atoms with Gasteiger partial charge in [-0.15, -0.1) is 0 Å². The number of anilines is 3. The predicted molar refractivity (Wildman–Crippen MR) is 103 cm³/mol. The number of hydrogen-bond donors (Lipinski definition) is 1. The summed E-state index contributed by atoms with van der Waals surface area (Å²) < 4.78 is 0.923. The summed E-state index contributed by atoms with van der Waals surface area (Å²) in [6.07, 6.45) is 2.65. The maximum Gasteiger partial charge on any atom is 0.257 e. The lowest BCUT2D eigenvalue weighted by Gasteiger charge is -2.18. The van der Waals surface area contributed by atoms with Gasteiger partial charge in [-0.05, 0) is 48.4 Å². The number of benzene rings is 2. The summed E-state index contributed by atoms with van der Waals surface area (Å²) >= 11 is 3.40. The van der Waals surface area contributed by atoms with Crippen molar-refractivity contribution in [2.75, 3.05) is 16.8 Å². The number of carbonyl (C=O) groups excluding carboxylic acids is 1. The van der Waals surface area contributed by atoms with Crippen molar-refractivity contribution in [2.24, 2.45) is 0 Å². The van der Waals surface area contributed by atoms with Gasteiger partial charge in [-0.25, -0.2) is 4.98 Å². The maximum absolute atomic E-state index is 12.4. The van der Waals surface area contributed by atoms with E-state index in [9.17, 15) is 4.79 Å². The summed E-state index contributed by atoms with van der Waals surface area (Å²) in [6.45, 7) is 0.913. The van der Waals surface area contributed by atoms with E-state index in [-0.39, 0.29) is 5.91 Å². The van der Waals surface area contributed by atoms with Gasteiger partial charge < -0.3 is 10.2 Å². The molecule has 4 rings (SSSR count). The van der Waals surface area contributed by atoms with E-state index >= 15 is 0 Å². The second-order valence-corrected chi connectivity index (χ2v) is 6.82. The zero-order chi connectivity index (χ0) is 17.2. The minimum atomic E-state index is -0.168. The molecule has 0 atom stereocenters. The van der Waals surface area contributed by atoms with Gasteiger partial charge in [0, 0.05) is 28.6 Å². The van der Waals surface area contributed by atoms with Crippen molar-refractivity contribution in [3.05, 3.63) is 82.5 Å². The van der Waals surface area contributed by atoms with Gasteiger partial charge in [0.05, 0.1) is 5.56 Å². The summed E-state index contributed by atoms with van der Waals surface area (Å²) in [5.74, 6) is 0.697. The van der Waals surface area contributed by atoms with Crippen molar-refractivity contribution in [3.63, 3.8) is 0 Å². The number of pyridine rings is 1. The monoisotopic (exact) mass is 393 g/mol. The maximum atomic E-state index is 12.4. The second kappa shape index (κ2) is 6.69. The number of nitrogens with zero attached hydrogens (tertiary/aromatic N) is 2. The van der Waals surface area contributed by atoms with Crippen molar-refractivity contribution >= 4 is 39.0 Å². The van der Waals surface area contributed by atoms with Crippen LogP contribution in [0.25, 0.3) is 0 Å². The van der Waals surface area contributed by atoms with Crippen LogP contribution in [0.4, 0.5) is 17.2 Å². The average Bonchev–Trinajstić information content (AvgIpc) is 3.06. The Morgan fingerprint density at radius 3 is 2.76 bits per heavy atom. The number of halogens is 1. The molecular weight excluding hydrogens is 378 g/mol. The Hall–Kier alpha value is -2.66. The fraction of sp³-hybridized carbons (Fsp3) is 0.100. The molecule has 2 heterocycles.